The molecule has 0 saturated carbocycles. The summed E-state index contributed by atoms with van der Waals surface area (Å²) in [5.41, 5.74) is 0.491. The summed E-state index contributed by atoms with van der Waals surface area (Å²) in [6, 6.07) is 6.70. The van der Waals surface area contributed by atoms with E-state index in [0.29, 0.717) is 38.0 Å². The van der Waals surface area contributed by atoms with Crippen molar-refractivity contribution in [3.8, 4) is 0 Å². The van der Waals surface area contributed by atoms with Crippen molar-refractivity contribution < 1.29 is 12.8 Å². The van der Waals surface area contributed by atoms with Gasteiger partial charge in [-0.15, -0.1) is 0 Å². The van der Waals surface area contributed by atoms with E-state index >= 15 is 0 Å². The number of halogens is 1. The van der Waals surface area contributed by atoms with Gasteiger partial charge >= 0.3 is 0 Å². The highest BCUT2D eigenvalue weighted by Crippen LogP contribution is 2.21. The predicted octanol–water partition coefficient (Wildman–Crippen LogP) is 2.83. The van der Waals surface area contributed by atoms with Crippen LogP contribution < -0.4 is 5.32 Å². The van der Waals surface area contributed by atoms with Crippen LogP contribution in [-0.2, 0) is 10.0 Å². The molecule has 21 heavy (non-hydrogen) atoms. The number of hydrogen-bond acceptors (Lipinski definition) is 3. The molecule has 1 heterocycles. The maximum Gasteiger partial charge on any atom is 0.214 e. The lowest BCUT2D eigenvalue weighted by Gasteiger charge is -2.32. The van der Waals surface area contributed by atoms with Crippen molar-refractivity contribution in [3.05, 3.63) is 30.1 Å². The molecule has 6 heteroatoms. The van der Waals surface area contributed by atoms with Gasteiger partial charge in [0.05, 0.1) is 11.4 Å². The number of unbranched alkanes of at least 4 members (excludes halogenated alkanes) is 1. The van der Waals surface area contributed by atoms with Gasteiger partial charge in [-0.2, -0.15) is 0 Å². The summed E-state index contributed by atoms with van der Waals surface area (Å²) >= 11 is 0. The molecule has 1 aromatic rings. The largest absolute Gasteiger partial charge is 0.380 e. The van der Waals surface area contributed by atoms with Crippen LogP contribution in [0.25, 0.3) is 0 Å². The van der Waals surface area contributed by atoms with Crippen LogP contribution in [0.15, 0.2) is 24.3 Å². The minimum absolute atomic E-state index is 0.125. The number of rotatable bonds is 6. The Balaban J connectivity index is 1.87. The molecule has 1 aromatic carbocycles. The van der Waals surface area contributed by atoms with Crippen molar-refractivity contribution in [1.82, 2.24) is 4.31 Å². The van der Waals surface area contributed by atoms with E-state index in [9.17, 15) is 12.8 Å². The highest BCUT2D eigenvalue weighted by atomic mass is 32.2. The molecule has 118 valence electrons. The van der Waals surface area contributed by atoms with Gasteiger partial charge in [0, 0.05) is 19.1 Å². The first-order valence-electron chi connectivity index (χ1n) is 7.52. The quantitative estimate of drug-likeness (QED) is 0.878. The first-order chi connectivity index (χ1) is 10.0. The molecule has 1 saturated heterocycles. The van der Waals surface area contributed by atoms with Gasteiger partial charge in [-0.1, -0.05) is 25.5 Å². The average Bonchev–Trinajstić information content (AvgIpc) is 2.48. The van der Waals surface area contributed by atoms with Gasteiger partial charge in [0.25, 0.3) is 0 Å². The summed E-state index contributed by atoms with van der Waals surface area (Å²) < 4.78 is 39.4. The highest BCUT2D eigenvalue weighted by molar-refractivity contribution is 7.89. The van der Waals surface area contributed by atoms with E-state index in [4.69, 9.17) is 0 Å². The Morgan fingerprint density at radius 2 is 1.95 bits per heavy atom. The molecule has 1 fully saturated rings. The fourth-order valence-corrected chi connectivity index (χ4v) is 4.21. The molecule has 0 aromatic heterocycles. The molecule has 0 atom stereocenters. The van der Waals surface area contributed by atoms with Crippen LogP contribution in [0, 0.1) is 5.82 Å². The molecule has 0 amide bonds. The van der Waals surface area contributed by atoms with Gasteiger partial charge in [0.15, 0.2) is 0 Å². The molecule has 0 radical (unpaired) electrons. The Hall–Kier alpha value is -1.14. The predicted molar refractivity (Wildman–Crippen MR) is 83.3 cm³/mol. The monoisotopic (exact) mass is 314 g/mol. The minimum Gasteiger partial charge on any atom is -0.380 e. The van der Waals surface area contributed by atoms with E-state index in [-0.39, 0.29) is 17.6 Å². The first-order valence-corrected chi connectivity index (χ1v) is 9.12. The van der Waals surface area contributed by atoms with Crippen molar-refractivity contribution in [3.63, 3.8) is 0 Å². The van der Waals surface area contributed by atoms with Crippen LogP contribution in [0.5, 0.6) is 0 Å². The number of hydrogen-bond donors (Lipinski definition) is 1. The van der Waals surface area contributed by atoms with Gasteiger partial charge in [0.1, 0.15) is 5.82 Å². The summed E-state index contributed by atoms with van der Waals surface area (Å²) in [7, 11) is -3.12. The fraction of sp³-hybridized carbons (Fsp3) is 0.600. The van der Waals surface area contributed by atoms with Gasteiger partial charge in [-0.25, -0.2) is 17.1 Å². The maximum atomic E-state index is 13.6. The van der Waals surface area contributed by atoms with Crippen molar-refractivity contribution >= 4 is 15.7 Å². The van der Waals surface area contributed by atoms with E-state index in [1.165, 1.54) is 6.07 Å². The van der Waals surface area contributed by atoms with E-state index in [0.717, 1.165) is 6.42 Å². The standard InChI is InChI=1S/C15H23FN2O2S/c1-2-3-12-21(19,20)18-10-8-13(9-11-18)17-15-7-5-4-6-14(15)16/h4-7,13,17H,2-3,8-12H2,1H3. The van der Waals surface area contributed by atoms with Crippen LogP contribution >= 0.6 is 0 Å². The van der Waals surface area contributed by atoms with E-state index in [1.807, 2.05) is 6.92 Å². The number of para-hydroxylation sites is 1. The molecule has 0 unspecified atom stereocenters. The molecule has 1 N–H and O–H groups in total. The molecule has 1 aliphatic rings. The Morgan fingerprint density at radius 1 is 1.29 bits per heavy atom. The molecule has 1 aliphatic heterocycles. The average molecular weight is 314 g/mol. The Bertz CT molecular complexity index is 555. The second-order valence-electron chi connectivity index (χ2n) is 5.47. The van der Waals surface area contributed by atoms with Crippen LogP contribution in [0.2, 0.25) is 0 Å². The third kappa shape index (κ3) is 4.41. The van der Waals surface area contributed by atoms with Crippen LogP contribution in [0.3, 0.4) is 0 Å². The second-order valence-corrected chi connectivity index (χ2v) is 7.56. The van der Waals surface area contributed by atoms with E-state index in [1.54, 1.807) is 22.5 Å². The van der Waals surface area contributed by atoms with Gasteiger partial charge in [-0.3, -0.25) is 0 Å². The summed E-state index contributed by atoms with van der Waals surface area (Å²) in [6.45, 7) is 3.01. The second kappa shape index (κ2) is 7.22. The van der Waals surface area contributed by atoms with Gasteiger partial charge in [-0.05, 0) is 31.4 Å². The summed E-state index contributed by atoms with van der Waals surface area (Å²) in [5.74, 6) is -0.0370. The van der Waals surface area contributed by atoms with Crippen molar-refractivity contribution in [2.24, 2.45) is 0 Å². The van der Waals surface area contributed by atoms with Crippen LogP contribution in [0.4, 0.5) is 10.1 Å². The first kappa shape index (κ1) is 16.2. The lowest BCUT2D eigenvalue weighted by atomic mass is 10.1. The summed E-state index contributed by atoms with van der Waals surface area (Å²) in [5, 5.41) is 3.17. The lowest BCUT2D eigenvalue weighted by molar-refractivity contribution is 0.329. The van der Waals surface area contributed by atoms with Gasteiger partial charge < -0.3 is 5.32 Å². The number of sulfonamides is 1. The van der Waals surface area contributed by atoms with Crippen molar-refractivity contribution in [2.45, 2.75) is 38.6 Å². The van der Waals surface area contributed by atoms with E-state index in [2.05, 4.69) is 5.32 Å². The van der Waals surface area contributed by atoms with Crippen molar-refractivity contribution in [2.75, 3.05) is 24.2 Å². The SMILES string of the molecule is CCCCS(=O)(=O)N1CCC(Nc2ccccc2F)CC1. The minimum atomic E-state index is -3.12. The van der Waals surface area contributed by atoms with E-state index < -0.39 is 10.0 Å². The third-order valence-electron chi connectivity index (χ3n) is 3.84. The highest BCUT2D eigenvalue weighted by Gasteiger charge is 2.27. The lowest BCUT2D eigenvalue weighted by Crippen LogP contribution is -2.43. The number of nitrogens with one attached hydrogen (secondary N) is 1. The van der Waals surface area contributed by atoms with Crippen molar-refractivity contribution in [1.29, 1.82) is 0 Å². The zero-order valence-electron chi connectivity index (χ0n) is 12.4. The molecule has 2 rings (SSSR count). The fourth-order valence-electron chi connectivity index (χ4n) is 2.53. The summed E-state index contributed by atoms with van der Waals surface area (Å²) in [4.78, 5) is 0. The van der Waals surface area contributed by atoms with Crippen LogP contribution in [-0.4, -0.2) is 37.6 Å². The normalized spacial score (nSPS) is 17.8. The molecule has 0 aliphatic carbocycles. The molecular formula is C15H23FN2O2S. The Morgan fingerprint density at radius 3 is 2.57 bits per heavy atom. The molecular weight excluding hydrogens is 291 g/mol. The third-order valence-corrected chi connectivity index (χ3v) is 5.79. The zero-order valence-corrected chi connectivity index (χ0v) is 13.2. The number of anilines is 1. The molecule has 0 bridgehead atoms. The van der Waals surface area contributed by atoms with Gasteiger partial charge in [0.2, 0.25) is 10.0 Å². The topological polar surface area (TPSA) is 49.4 Å². The van der Waals surface area contributed by atoms with Crippen LogP contribution in [0.1, 0.15) is 32.6 Å². The maximum absolute atomic E-state index is 13.6. The number of piperidine rings is 1. The molecule has 4 nitrogen and oxygen atoms in total. The smallest absolute Gasteiger partial charge is 0.214 e. The Labute approximate surface area is 126 Å². The Kier molecular flexibility index (Phi) is 5.58. The number of nitrogens with zero attached hydrogens (tertiary/aromatic N) is 1. The zero-order chi connectivity index (χ0) is 15.3. The molecule has 0 spiro atoms. The number of benzene rings is 1. The summed E-state index contributed by atoms with van der Waals surface area (Å²) in [6.07, 6.45) is 3.00.